The predicted octanol–water partition coefficient (Wildman–Crippen LogP) is 3.35. The molecule has 2 rings (SSSR count). The topological polar surface area (TPSA) is 62.4 Å². The van der Waals surface area contributed by atoms with Crippen molar-refractivity contribution >= 4 is 28.9 Å². The Morgan fingerprint density at radius 3 is 2.32 bits per heavy atom. The first-order valence-corrected chi connectivity index (χ1v) is 8.19. The molecule has 0 saturated carbocycles. The lowest BCUT2D eigenvalue weighted by molar-refractivity contribution is -0.123. The molecule has 5 nitrogen and oxygen atoms in total. The van der Waals surface area contributed by atoms with E-state index in [-0.39, 0.29) is 17.5 Å². The Labute approximate surface area is 151 Å². The molecular formula is C18H20FN3O2S. The van der Waals surface area contributed by atoms with Gasteiger partial charge in [0.25, 0.3) is 5.91 Å². The van der Waals surface area contributed by atoms with Crippen LogP contribution in [0, 0.1) is 5.82 Å². The molecule has 0 aliphatic rings. The monoisotopic (exact) mass is 361 g/mol. The number of nitrogens with one attached hydrogen (secondary N) is 3. The second kappa shape index (κ2) is 8.98. The van der Waals surface area contributed by atoms with E-state index in [0.29, 0.717) is 11.7 Å². The van der Waals surface area contributed by atoms with E-state index >= 15 is 0 Å². The van der Waals surface area contributed by atoms with Gasteiger partial charge in [-0.3, -0.25) is 15.6 Å². The van der Waals surface area contributed by atoms with E-state index in [1.165, 1.54) is 29.8 Å². The lowest BCUT2D eigenvalue weighted by Crippen LogP contribution is -2.45. The van der Waals surface area contributed by atoms with E-state index in [1.54, 1.807) is 0 Å². The molecular weight excluding hydrogens is 341 g/mol. The summed E-state index contributed by atoms with van der Waals surface area (Å²) in [6, 6.07) is 13.3. The maximum absolute atomic E-state index is 12.8. The summed E-state index contributed by atoms with van der Waals surface area (Å²) in [5, 5.41) is 3.22. The Morgan fingerprint density at radius 2 is 1.72 bits per heavy atom. The largest absolute Gasteiger partial charge is 0.484 e. The summed E-state index contributed by atoms with van der Waals surface area (Å²) in [7, 11) is 0. The van der Waals surface area contributed by atoms with Crippen molar-refractivity contribution in [3.05, 3.63) is 59.9 Å². The summed E-state index contributed by atoms with van der Waals surface area (Å²) in [5.41, 5.74) is 7.07. The molecule has 25 heavy (non-hydrogen) atoms. The van der Waals surface area contributed by atoms with Crippen molar-refractivity contribution in [3.63, 3.8) is 0 Å². The number of thiocarbonyl (C=S) groups is 1. The molecule has 0 atom stereocenters. The van der Waals surface area contributed by atoms with Crippen molar-refractivity contribution in [1.82, 2.24) is 10.9 Å². The van der Waals surface area contributed by atoms with Gasteiger partial charge in [-0.25, -0.2) is 4.39 Å². The number of carbonyl (C=O) groups excluding carboxylic acids is 1. The van der Waals surface area contributed by atoms with Crippen LogP contribution >= 0.6 is 12.2 Å². The zero-order valence-corrected chi connectivity index (χ0v) is 14.8. The number of anilines is 1. The minimum Gasteiger partial charge on any atom is -0.484 e. The third-order valence-electron chi connectivity index (χ3n) is 3.33. The van der Waals surface area contributed by atoms with Crippen molar-refractivity contribution in [2.75, 3.05) is 11.9 Å². The van der Waals surface area contributed by atoms with Crippen LogP contribution in [0.25, 0.3) is 0 Å². The molecule has 0 aliphatic heterocycles. The Bertz CT molecular complexity index is 718. The van der Waals surface area contributed by atoms with Gasteiger partial charge in [0.1, 0.15) is 11.6 Å². The molecule has 2 aromatic rings. The lowest BCUT2D eigenvalue weighted by Gasteiger charge is -2.13. The highest BCUT2D eigenvalue weighted by Crippen LogP contribution is 2.17. The predicted molar refractivity (Wildman–Crippen MR) is 99.9 cm³/mol. The van der Waals surface area contributed by atoms with E-state index in [0.717, 1.165) is 5.69 Å². The number of halogens is 1. The average molecular weight is 361 g/mol. The molecule has 0 spiro atoms. The van der Waals surface area contributed by atoms with Crippen molar-refractivity contribution in [2.24, 2.45) is 0 Å². The van der Waals surface area contributed by atoms with Gasteiger partial charge in [0.15, 0.2) is 11.7 Å². The molecule has 0 aromatic heterocycles. The minimum atomic E-state index is -0.413. The first kappa shape index (κ1) is 18.7. The number of rotatable bonds is 5. The second-order valence-corrected chi connectivity index (χ2v) is 6.05. The number of benzene rings is 2. The molecule has 1 amide bonds. The maximum atomic E-state index is 12.8. The Balaban J connectivity index is 1.71. The number of amides is 1. The first-order chi connectivity index (χ1) is 11.9. The Morgan fingerprint density at radius 1 is 1.08 bits per heavy atom. The summed E-state index contributed by atoms with van der Waals surface area (Å²) in [5.74, 6) is 0.0852. The molecule has 0 aliphatic carbocycles. The molecule has 7 heteroatoms. The van der Waals surface area contributed by atoms with Gasteiger partial charge in [0.2, 0.25) is 0 Å². The molecule has 0 saturated heterocycles. The average Bonchev–Trinajstić information content (AvgIpc) is 2.60. The van der Waals surface area contributed by atoms with Crippen LogP contribution in [0.1, 0.15) is 25.3 Å². The summed E-state index contributed by atoms with van der Waals surface area (Å²) < 4.78 is 18.0. The van der Waals surface area contributed by atoms with Gasteiger partial charge >= 0.3 is 0 Å². The zero-order chi connectivity index (χ0) is 18.2. The normalized spacial score (nSPS) is 10.2. The van der Waals surface area contributed by atoms with Crippen LogP contribution in [0.5, 0.6) is 5.75 Å². The van der Waals surface area contributed by atoms with Gasteiger partial charge in [-0.15, -0.1) is 0 Å². The van der Waals surface area contributed by atoms with Crippen LogP contribution < -0.4 is 20.9 Å². The summed E-state index contributed by atoms with van der Waals surface area (Å²) in [6.07, 6.45) is 0. The molecule has 3 N–H and O–H groups in total. The smallest absolute Gasteiger partial charge is 0.276 e. The zero-order valence-electron chi connectivity index (χ0n) is 14.0. The van der Waals surface area contributed by atoms with E-state index < -0.39 is 5.91 Å². The molecule has 0 unspecified atom stereocenters. The van der Waals surface area contributed by atoms with Crippen LogP contribution in [0.2, 0.25) is 0 Å². The van der Waals surface area contributed by atoms with Gasteiger partial charge in [-0.1, -0.05) is 26.0 Å². The fraction of sp³-hybridized carbons (Fsp3) is 0.222. The van der Waals surface area contributed by atoms with Crippen molar-refractivity contribution < 1.29 is 13.9 Å². The SMILES string of the molecule is CC(C)c1ccc(NC(=S)NNC(=O)COc2ccc(F)cc2)cc1. The van der Waals surface area contributed by atoms with E-state index in [2.05, 4.69) is 30.0 Å². The van der Waals surface area contributed by atoms with E-state index in [9.17, 15) is 9.18 Å². The molecule has 132 valence electrons. The number of hydrogen-bond donors (Lipinski definition) is 3. The van der Waals surface area contributed by atoms with Gasteiger partial charge in [-0.2, -0.15) is 0 Å². The third-order valence-corrected chi connectivity index (χ3v) is 3.54. The van der Waals surface area contributed by atoms with Crippen LogP contribution in [-0.4, -0.2) is 17.6 Å². The number of hydrazine groups is 1. The van der Waals surface area contributed by atoms with Crippen molar-refractivity contribution in [2.45, 2.75) is 19.8 Å². The van der Waals surface area contributed by atoms with Crippen LogP contribution in [-0.2, 0) is 4.79 Å². The van der Waals surface area contributed by atoms with Crippen LogP contribution in [0.15, 0.2) is 48.5 Å². The Kier molecular flexibility index (Phi) is 6.71. The summed E-state index contributed by atoms with van der Waals surface area (Å²) >= 11 is 5.11. The standard InChI is InChI=1S/C18H20FN3O2S/c1-12(2)13-3-7-15(8-4-13)20-18(25)22-21-17(23)11-24-16-9-5-14(19)6-10-16/h3-10,12H,11H2,1-2H3,(H,21,23)(H2,20,22,25). The minimum absolute atomic E-state index is 0.218. The molecule has 0 fully saturated rings. The maximum Gasteiger partial charge on any atom is 0.276 e. The van der Waals surface area contributed by atoms with Crippen LogP contribution in [0.3, 0.4) is 0 Å². The third kappa shape index (κ3) is 6.39. The van der Waals surface area contributed by atoms with Crippen LogP contribution in [0.4, 0.5) is 10.1 Å². The van der Waals surface area contributed by atoms with Gasteiger partial charge < -0.3 is 10.1 Å². The molecule has 0 radical (unpaired) electrons. The second-order valence-electron chi connectivity index (χ2n) is 5.65. The van der Waals surface area contributed by atoms with Crippen molar-refractivity contribution in [3.8, 4) is 5.75 Å². The lowest BCUT2D eigenvalue weighted by atomic mass is 10.0. The highest BCUT2D eigenvalue weighted by atomic mass is 32.1. The molecule has 0 heterocycles. The quantitative estimate of drug-likeness (QED) is 0.563. The van der Waals surface area contributed by atoms with Gasteiger partial charge in [0.05, 0.1) is 0 Å². The highest BCUT2D eigenvalue weighted by Gasteiger charge is 2.05. The van der Waals surface area contributed by atoms with Crippen molar-refractivity contribution in [1.29, 1.82) is 0 Å². The molecule has 2 aromatic carbocycles. The van der Waals surface area contributed by atoms with E-state index in [4.69, 9.17) is 17.0 Å². The van der Waals surface area contributed by atoms with E-state index in [1.807, 2.05) is 24.3 Å². The fourth-order valence-corrected chi connectivity index (χ4v) is 2.12. The number of carbonyl (C=O) groups is 1. The fourth-order valence-electron chi connectivity index (χ4n) is 1.96. The summed E-state index contributed by atoms with van der Waals surface area (Å²) in [4.78, 5) is 11.7. The van der Waals surface area contributed by atoms with Gasteiger partial charge in [-0.05, 0) is 60.1 Å². The first-order valence-electron chi connectivity index (χ1n) is 7.78. The summed E-state index contributed by atoms with van der Waals surface area (Å²) in [6.45, 7) is 4.03. The number of hydrogen-bond acceptors (Lipinski definition) is 3. The Hall–Kier alpha value is -2.67. The molecule has 0 bridgehead atoms. The number of ether oxygens (including phenoxy) is 1. The highest BCUT2D eigenvalue weighted by molar-refractivity contribution is 7.80. The van der Waals surface area contributed by atoms with Gasteiger partial charge in [0, 0.05) is 5.69 Å².